The van der Waals surface area contributed by atoms with Gasteiger partial charge in [-0.2, -0.15) is 10.4 Å². The van der Waals surface area contributed by atoms with Gasteiger partial charge < -0.3 is 0 Å². The molecule has 0 amide bonds. The summed E-state index contributed by atoms with van der Waals surface area (Å²) >= 11 is 5.79. The Kier molecular flexibility index (Phi) is 4.03. The van der Waals surface area contributed by atoms with Gasteiger partial charge in [-0.3, -0.25) is 10.2 Å². The number of nitrogens with zero attached hydrogens (tertiary/aromatic N) is 2. The van der Waals surface area contributed by atoms with Gasteiger partial charge in [0.05, 0.1) is 5.69 Å². The number of hydrazone groups is 1. The molecule has 16 heavy (non-hydrogen) atoms. The molecule has 0 saturated heterocycles. The third-order valence-corrected chi connectivity index (χ3v) is 2.15. The fraction of sp³-hybridized carbons (Fsp3) is 0.182. The Labute approximate surface area is 98.5 Å². The molecule has 0 heterocycles. The van der Waals surface area contributed by atoms with Crippen LogP contribution in [0.25, 0.3) is 0 Å². The number of aryl methyl sites for hydroxylation is 1. The van der Waals surface area contributed by atoms with E-state index in [9.17, 15) is 4.79 Å². The van der Waals surface area contributed by atoms with Gasteiger partial charge in [-0.25, -0.2) is 0 Å². The minimum atomic E-state index is -0.374. The number of anilines is 1. The summed E-state index contributed by atoms with van der Waals surface area (Å²) in [4.78, 5) is 10.9. The quantitative estimate of drug-likeness (QED) is 0.647. The summed E-state index contributed by atoms with van der Waals surface area (Å²) in [7, 11) is 0. The van der Waals surface area contributed by atoms with Crippen molar-refractivity contribution in [1.29, 1.82) is 5.26 Å². The average Bonchev–Trinajstić information content (AvgIpc) is 2.21. The summed E-state index contributed by atoms with van der Waals surface area (Å²) in [5.74, 6) is -0.374. The molecule has 82 valence electrons. The van der Waals surface area contributed by atoms with Crippen LogP contribution >= 0.6 is 11.6 Å². The lowest BCUT2D eigenvalue weighted by Crippen LogP contribution is -2.09. The summed E-state index contributed by atoms with van der Waals surface area (Å²) < 4.78 is 0. The average molecular weight is 236 g/mol. The van der Waals surface area contributed by atoms with E-state index in [2.05, 4.69) is 10.5 Å². The summed E-state index contributed by atoms with van der Waals surface area (Å²) in [5, 5.41) is 13.0. The van der Waals surface area contributed by atoms with E-state index in [4.69, 9.17) is 16.9 Å². The number of carbonyl (C=O) groups excluding carboxylic acids is 1. The number of Topliss-reactive ketones (excluding diaryl/α,β-unsaturated/α-hetero) is 1. The van der Waals surface area contributed by atoms with Crippen molar-refractivity contribution < 1.29 is 4.79 Å². The normalized spacial score (nSPS) is 10.8. The lowest BCUT2D eigenvalue weighted by atomic mass is 10.2. The predicted octanol–water partition coefficient (Wildman–Crippen LogP) is 2.53. The van der Waals surface area contributed by atoms with Crippen LogP contribution in [-0.2, 0) is 4.79 Å². The molecule has 5 heteroatoms. The van der Waals surface area contributed by atoms with E-state index < -0.39 is 0 Å². The van der Waals surface area contributed by atoms with Crippen LogP contribution in [0.5, 0.6) is 0 Å². The third kappa shape index (κ3) is 3.07. The van der Waals surface area contributed by atoms with Gasteiger partial charge in [0.2, 0.25) is 5.71 Å². The fourth-order valence-electron chi connectivity index (χ4n) is 1.05. The molecule has 1 aromatic carbocycles. The van der Waals surface area contributed by atoms with E-state index in [-0.39, 0.29) is 11.5 Å². The van der Waals surface area contributed by atoms with E-state index in [1.54, 1.807) is 24.3 Å². The van der Waals surface area contributed by atoms with Gasteiger partial charge >= 0.3 is 0 Å². The van der Waals surface area contributed by atoms with Gasteiger partial charge in [-0.1, -0.05) is 11.6 Å². The molecule has 0 bridgehead atoms. The molecule has 0 saturated carbocycles. The zero-order valence-corrected chi connectivity index (χ0v) is 9.67. The lowest BCUT2D eigenvalue weighted by Gasteiger charge is -2.04. The first kappa shape index (κ1) is 12.2. The monoisotopic (exact) mass is 235 g/mol. The highest BCUT2D eigenvalue weighted by Gasteiger charge is 2.04. The highest BCUT2D eigenvalue weighted by atomic mass is 35.5. The molecule has 0 aliphatic carbocycles. The Morgan fingerprint density at radius 3 is 2.75 bits per heavy atom. The number of rotatable bonds is 3. The van der Waals surface area contributed by atoms with Gasteiger partial charge in [-0.15, -0.1) is 0 Å². The molecule has 0 aliphatic rings. The van der Waals surface area contributed by atoms with E-state index >= 15 is 0 Å². The topological polar surface area (TPSA) is 65.2 Å². The maximum atomic E-state index is 10.9. The zero-order chi connectivity index (χ0) is 12.1. The maximum absolute atomic E-state index is 10.9. The maximum Gasteiger partial charge on any atom is 0.203 e. The van der Waals surface area contributed by atoms with Crippen molar-refractivity contribution in [3.63, 3.8) is 0 Å². The number of hydrogen-bond acceptors (Lipinski definition) is 4. The molecule has 1 N–H and O–H groups in total. The molecular weight excluding hydrogens is 226 g/mol. The second-order valence-corrected chi connectivity index (χ2v) is 3.64. The van der Waals surface area contributed by atoms with Gasteiger partial charge in [0.15, 0.2) is 5.78 Å². The molecule has 1 aromatic rings. The molecule has 0 aromatic heterocycles. The van der Waals surface area contributed by atoms with Crippen molar-refractivity contribution >= 4 is 28.8 Å². The minimum Gasteiger partial charge on any atom is -0.292 e. The van der Waals surface area contributed by atoms with E-state index in [1.165, 1.54) is 6.92 Å². The van der Waals surface area contributed by atoms with Gasteiger partial charge in [0.25, 0.3) is 0 Å². The third-order valence-electron chi connectivity index (χ3n) is 1.92. The van der Waals surface area contributed by atoms with Crippen LogP contribution in [0.15, 0.2) is 23.3 Å². The first-order chi connectivity index (χ1) is 7.54. The van der Waals surface area contributed by atoms with Crippen LogP contribution < -0.4 is 5.43 Å². The number of nitrogens with one attached hydrogen (secondary N) is 1. The highest BCUT2D eigenvalue weighted by Crippen LogP contribution is 2.19. The first-order valence-electron chi connectivity index (χ1n) is 4.55. The van der Waals surface area contributed by atoms with Crippen molar-refractivity contribution in [2.24, 2.45) is 5.10 Å². The SMILES string of the molecule is CC(=O)C(C#N)=NNc1ccc(Cl)cc1C. The number of hydrogen-bond donors (Lipinski definition) is 1. The van der Waals surface area contributed by atoms with Crippen LogP contribution in [0.1, 0.15) is 12.5 Å². The second-order valence-electron chi connectivity index (χ2n) is 3.20. The Bertz CT molecular complexity index is 488. The van der Waals surface area contributed by atoms with Gasteiger partial charge in [-0.05, 0) is 30.7 Å². The predicted molar refractivity (Wildman–Crippen MR) is 63.5 cm³/mol. The lowest BCUT2D eigenvalue weighted by molar-refractivity contribution is -0.110. The largest absolute Gasteiger partial charge is 0.292 e. The van der Waals surface area contributed by atoms with E-state index in [0.717, 1.165) is 5.56 Å². The molecule has 0 spiro atoms. The molecule has 0 fully saturated rings. The van der Waals surface area contributed by atoms with Crippen LogP contribution in [0.2, 0.25) is 5.02 Å². The van der Waals surface area contributed by atoms with Crippen LogP contribution in [0.4, 0.5) is 5.69 Å². The molecule has 0 atom stereocenters. The first-order valence-corrected chi connectivity index (χ1v) is 4.93. The van der Waals surface area contributed by atoms with Crippen molar-refractivity contribution in [3.8, 4) is 6.07 Å². The Balaban J connectivity index is 2.90. The molecule has 4 nitrogen and oxygen atoms in total. The molecular formula is C11H10ClN3O. The summed E-state index contributed by atoms with van der Waals surface area (Å²) in [6.07, 6.45) is 0. The second kappa shape index (κ2) is 5.29. The van der Waals surface area contributed by atoms with Gasteiger partial charge in [0.1, 0.15) is 6.07 Å². The van der Waals surface area contributed by atoms with Crippen molar-refractivity contribution in [3.05, 3.63) is 28.8 Å². The zero-order valence-electron chi connectivity index (χ0n) is 8.91. The van der Waals surface area contributed by atoms with Crippen molar-refractivity contribution in [2.75, 3.05) is 5.43 Å². The number of ketones is 1. The fourth-order valence-corrected chi connectivity index (χ4v) is 1.28. The Morgan fingerprint density at radius 1 is 1.56 bits per heavy atom. The van der Waals surface area contributed by atoms with Crippen molar-refractivity contribution in [2.45, 2.75) is 13.8 Å². The van der Waals surface area contributed by atoms with E-state index in [1.807, 2.05) is 6.92 Å². The van der Waals surface area contributed by atoms with E-state index in [0.29, 0.717) is 10.7 Å². The Hall–Kier alpha value is -1.86. The number of nitriles is 1. The molecule has 0 unspecified atom stereocenters. The molecule has 0 aliphatic heterocycles. The van der Waals surface area contributed by atoms with Gasteiger partial charge in [0, 0.05) is 11.9 Å². The number of carbonyl (C=O) groups is 1. The van der Waals surface area contributed by atoms with Crippen LogP contribution in [0.3, 0.4) is 0 Å². The van der Waals surface area contributed by atoms with Crippen LogP contribution in [0, 0.1) is 18.3 Å². The van der Waals surface area contributed by atoms with Crippen LogP contribution in [-0.4, -0.2) is 11.5 Å². The smallest absolute Gasteiger partial charge is 0.203 e. The highest BCUT2D eigenvalue weighted by molar-refractivity contribution is 6.45. The molecule has 0 radical (unpaired) electrons. The Morgan fingerprint density at radius 2 is 2.25 bits per heavy atom. The number of benzene rings is 1. The minimum absolute atomic E-state index is 0.158. The number of halogens is 1. The summed E-state index contributed by atoms with van der Waals surface area (Å²) in [6.45, 7) is 3.14. The van der Waals surface area contributed by atoms with Crippen molar-refractivity contribution in [1.82, 2.24) is 0 Å². The summed E-state index contributed by atoms with van der Waals surface area (Å²) in [5.41, 5.74) is 4.09. The standard InChI is InChI=1S/C11H10ClN3O/c1-7-5-9(12)3-4-10(7)14-15-11(6-13)8(2)16/h3-5,14H,1-2H3. The molecule has 1 rings (SSSR count). The summed E-state index contributed by atoms with van der Waals surface area (Å²) in [6, 6.07) is 6.91.